The van der Waals surface area contributed by atoms with E-state index >= 15 is 0 Å². The van der Waals surface area contributed by atoms with Crippen LogP contribution in [0.4, 0.5) is 14.5 Å². The van der Waals surface area contributed by atoms with Crippen LogP contribution >= 0.6 is 0 Å². The number of nitrogens with one attached hydrogen (secondary N) is 1. The van der Waals surface area contributed by atoms with Crippen LogP contribution in [0.15, 0.2) is 18.2 Å². The van der Waals surface area contributed by atoms with Crippen molar-refractivity contribution >= 4 is 17.5 Å². The van der Waals surface area contributed by atoms with Gasteiger partial charge in [-0.1, -0.05) is 25.8 Å². The summed E-state index contributed by atoms with van der Waals surface area (Å²) in [6.07, 6.45) is 3.52. The maximum absolute atomic E-state index is 14.3. The van der Waals surface area contributed by atoms with Crippen molar-refractivity contribution in [2.75, 3.05) is 24.5 Å². The first-order valence-corrected chi connectivity index (χ1v) is 11.7. The average Bonchev–Trinajstić information content (AvgIpc) is 3.24. The van der Waals surface area contributed by atoms with Crippen LogP contribution in [-0.4, -0.2) is 65.2 Å². The summed E-state index contributed by atoms with van der Waals surface area (Å²) in [5.41, 5.74) is 5.27. The zero-order valence-electron chi connectivity index (χ0n) is 19.7. The third-order valence-electron chi connectivity index (χ3n) is 6.91. The lowest BCUT2D eigenvalue weighted by Gasteiger charge is -2.47. The number of anilines is 1. The van der Waals surface area contributed by atoms with Gasteiger partial charge in [0.15, 0.2) is 0 Å². The molecule has 1 saturated carbocycles. The highest BCUT2D eigenvalue weighted by molar-refractivity contribution is 5.96. The Hall–Kier alpha value is -2.10. The van der Waals surface area contributed by atoms with E-state index in [1.54, 1.807) is 6.92 Å². The molecule has 1 heterocycles. The number of benzene rings is 1. The Morgan fingerprint density at radius 1 is 1.27 bits per heavy atom. The Balaban J connectivity index is 1.58. The number of hydrogen-bond donors (Lipinski definition) is 3. The summed E-state index contributed by atoms with van der Waals surface area (Å²) in [7, 11) is 0. The van der Waals surface area contributed by atoms with Crippen molar-refractivity contribution in [2.24, 2.45) is 11.7 Å². The minimum absolute atomic E-state index is 0.0761. The van der Waals surface area contributed by atoms with Crippen LogP contribution in [0.2, 0.25) is 0 Å². The molecule has 4 N–H and O–H groups in total. The van der Waals surface area contributed by atoms with Gasteiger partial charge in [0.1, 0.15) is 17.3 Å². The number of carbonyl (C=O) groups is 2. The van der Waals surface area contributed by atoms with Gasteiger partial charge in [-0.2, -0.15) is 0 Å². The number of halogens is 2. The van der Waals surface area contributed by atoms with Crippen molar-refractivity contribution < 1.29 is 23.5 Å². The molecular formula is C24H36F2N4O3. The van der Waals surface area contributed by atoms with Crippen molar-refractivity contribution in [3.8, 4) is 0 Å². The van der Waals surface area contributed by atoms with E-state index in [4.69, 9.17) is 5.73 Å². The number of hydrogen-bond acceptors (Lipinski definition) is 5. The van der Waals surface area contributed by atoms with E-state index in [0.717, 1.165) is 42.7 Å². The highest BCUT2D eigenvalue weighted by Crippen LogP contribution is 2.30. The van der Waals surface area contributed by atoms with E-state index in [1.165, 1.54) is 6.07 Å². The Morgan fingerprint density at radius 2 is 1.88 bits per heavy atom. The molecule has 0 aromatic heterocycles. The molecule has 2 amide bonds. The van der Waals surface area contributed by atoms with Gasteiger partial charge in [-0.15, -0.1) is 0 Å². The van der Waals surface area contributed by atoms with Gasteiger partial charge in [-0.25, -0.2) is 8.78 Å². The number of rotatable bonds is 8. The molecule has 1 aliphatic carbocycles. The van der Waals surface area contributed by atoms with Crippen LogP contribution in [0, 0.1) is 17.6 Å². The zero-order chi connectivity index (χ0) is 24.3. The Kier molecular flexibility index (Phi) is 8.08. The molecule has 2 fully saturated rings. The lowest BCUT2D eigenvalue weighted by atomic mass is 9.94. The number of carbonyl (C=O) groups excluding carboxylic acids is 2. The molecular weight excluding hydrogens is 430 g/mol. The maximum atomic E-state index is 14.3. The van der Waals surface area contributed by atoms with E-state index in [0.29, 0.717) is 0 Å². The van der Waals surface area contributed by atoms with Crippen molar-refractivity contribution in [3.05, 3.63) is 29.8 Å². The molecule has 0 spiro atoms. The minimum atomic E-state index is -0.928. The van der Waals surface area contributed by atoms with Gasteiger partial charge < -0.3 is 21.1 Å². The standard InChI is InChI=1S/C24H36F2N4O3/c1-15(23(33)28-16-7-4-5-8-16)11-20(31)19(27)12-29-13-21(32)30(14-24(29,2)3)22-17(25)9-6-10-18(22)26/h6,9-10,15-16,19-20,31H,4-5,7-8,11-14,27H2,1-3H3,(H,28,33)/t15-,19+,20+/m1/s1. The summed E-state index contributed by atoms with van der Waals surface area (Å²) < 4.78 is 28.5. The number of nitrogens with zero attached hydrogens (tertiary/aromatic N) is 2. The smallest absolute Gasteiger partial charge is 0.241 e. The van der Waals surface area contributed by atoms with E-state index in [-0.39, 0.29) is 49.6 Å². The summed E-state index contributed by atoms with van der Waals surface area (Å²) in [6.45, 7) is 5.70. The maximum Gasteiger partial charge on any atom is 0.241 e. The first kappa shape index (κ1) is 25.5. The number of nitrogens with two attached hydrogens (primary N) is 1. The highest BCUT2D eigenvalue weighted by atomic mass is 19.1. The predicted octanol–water partition coefficient (Wildman–Crippen LogP) is 2.17. The summed E-state index contributed by atoms with van der Waals surface area (Å²) >= 11 is 0. The number of aliphatic hydroxyl groups is 1. The van der Waals surface area contributed by atoms with Crippen molar-refractivity contribution in [1.82, 2.24) is 10.2 Å². The third kappa shape index (κ3) is 6.07. The second-order valence-corrected chi connectivity index (χ2v) is 10.1. The summed E-state index contributed by atoms with van der Waals surface area (Å²) in [6, 6.07) is 3.04. The molecule has 9 heteroatoms. The molecule has 3 rings (SSSR count). The van der Waals surface area contributed by atoms with Crippen LogP contribution in [0.5, 0.6) is 0 Å². The van der Waals surface area contributed by atoms with Crippen LogP contribution in [0.25, 0.3) is 0 Å². The lowest BCUT2D eigenvalue weighted by Crippen LogP contribution is -2.64. The van der Waals surface area contributed by atoms with Crippen LogP contribution in [0.1, 0.15) is 52.9 Å². The second-order valence-electron chi connectivity index (χ2n) is 10.1. The van der Waals surface area contributed by atoms with Crippen LogP contribution in [0.3, 0.4) is 0 Å². The van der Waals surface area contributed by atoms with E-state index in [1.807, 2.05) is 18.7 Å². The Morgan fingerprint density at radius 3 is 2.48 bits per heavy atom. The molecule has 2 aliphatic rings. The molecule has 1 aromatic rings. The predicted molar refractivity (Wildman–Crippen MR) is 123 cm³/mol. The molecule has 0 bridgehead atoms. The fraction of sp³-hybridized carbons (Fsp3) is 0.667. The fourth-order valence-electron chi connectivity index (χ4n) is 4.73. The quantitative estimate of drug-likeness (QED) is 0.545. The molecule has 7 nitrogen and oxygen atoms in total. The van der Waals surface area contributed by atoms with Crippen molar-refractivity contribution in [1.29, 1.82) is 0 Å². The van der Waals surface area contributed by atoms with Gasteiger partial charge in [0, 0.05) is 36.6 Å². The highest BCUT2D eigenvalue weighted by Gasteiger charge is 2.41. The van der Waals surface area contributed by atoms with Crippen molar-refractivity contribution in [3.63, 3.8) is 0 Å². The number of aliphatic hydroxyl groups excluding tert-OH is 1. The molecule has 184 valence electrons. The second kappa shape index (κ2) is 10.4. The molecule has 1 aromatic carbocycles. The first-order chi connectivity index (χ1) is 15.5. The SMILES string of the molecule is C[C@H](C[C@H](O)[C@@H](N)CN1CC(=O)N(c2c(F)cccc2F)CC1(C)C)C(=O)NC1CCCC1. The number of amides is 2. The summed E-state index contributed by atoms with van der Waals surface area (Å²) in [5, 5.41) is 13.7. The lowest BCUT2D eigenvalue weighted by molar-refractivity contribution is -0.126. The topological polar surface area (TPSA) is 98.9 Å². The largest absolute Gasteiger partial charge is 0.391 e. The molecule has 0 unspecified atom stereocenters. The Bertz CT molecular complexity index is 840. The molecule has 0 radical (unpaired) electrons. The average molecular weight is 467 g/mol. The van der Waals surface area contributed by atoms with Crippen LogP contribution < -0.4 is 16.0 Å². The fourth-order valence-corrected chi connectivity index (χ4v) is 4.73. The molecule has 3 atom stereocenters. The zero-order valence-corrected chi connectivity index (χ0v) is 19.7. The number of para-hydroxylation sites is 1. The van der Waals surface area contributed by atoms with Gasteiger partial charge >= 0.3 is 0 Å². The van der Waals surface area contributed by atoms with Crippen molar-refractivity contribution in [2.45, 2.75) is 76.6 Å². The van der Waals surface area contributed by atoms with E-state index < -0.39 is 35.2 Å². The first-order valence-electron chi connectivity index (χ1n) is 11.7. The molecule has 1 saturated heterocycles. The minimum Gasteiger partial charge on any atom is -0.391 e. The van der Waals surface area contributed by atoms with Gasteiger partial charge in [-0.3, -0.25) is 14.5 Å². The number of piperazine rings is 1. The van der Waals surface area contributed by atoms with Crippen LogP contribution in [-0.2, 0) is 9.59 Å². The van der Waals surface area contributed by atoms with E-state index in [2.05, 4.69) is 5.32 Å². The van der Waals surface area contributed by atoms with Gasteiger partial charge in [0.05, 0.1) is 12.6 Å². The Labute approximate surface area is 194 Å². The summed E-state index contributed by atoms with van der Waals surface area (Å²) in [4.78, 5) is 28.2. The van der Waals surface area contributed by atoms with E-state index in [9.17, 15) is 23.5 Å². The summed E-state index contributed by atoms with van der Waals surface area (Å²) in [5.74, 6) is -2.48. The monoisotopic (exact) mass is 466 g/mol. The molecule has 1 aliphatic heterocycles. The van der Waals surface area contributed by atoms with Gasteiger partial charge in [0.25, 0.3) is 0 Å². The third-order valence-corrected chi connectivity index (χ3v) is 6.91. The van der Waals surface area contributed by atoms with Gasteiger partial charge in [0.2, 0.25) is 11.8 Å². The normalized spacial score (nSPS) is 22.3. The van der Waals surface area contributed by atoms with Gasteiger partial charge in [-0.05, 0) is 45.2 Å². The molecule has 33 heavy (non-hydrogen) atoms.